The number of ether oxygens (including phenoxy) is 1. The maximum absolute atomic E-state index is 12.7. The summed E-state index contributed by atoms with van der Waals surface area (Å²) in [5.74, 6) is 1.56. The Hall–Kier alpha value is -2.40. The van der Waals surface area contributed by atoms with Gasteiger partial charge in [-0.25, -0.2) is 0 Å². The topological polar surface area (TPSA) is 45.7 Å². The molecule has 27 heavy (non-hydrogen) atoms. The Labute approximate surface area is 162 Å². The summed E-state index contributed by atoms with van der Waals surface area (Å²) in [6.45, 7) is 9.25. The molecule has 2 heterocycles. The highest BCUT2D eigenvalue weighted by Crippen LogP contribution is 2.16. The third-order valence-corrected chi connectivity index (χ3v) is 4.85. The van der Waals surface area contributed by atoms with Gasteiger partial charge in [0.05, 0.1) is 6.61 Å². The number of hydrogen-bond donors (Lipinski definition) is 0. The highest BCUT2D eigenvalue weighted by Gasteiger charge is 2.22. The van der Waals surface area contributed by atoms with Crippen molar-refractivity contribution in [3.63, 3.8) is 0 Å². The molecule has 1 aliphatic rings. The molecule has 0 N–H and O–H groups in total. The lowest BCUT2D eigenvalue weighted by atomic mass is 10.1. The zero-order chi connectivity index (χ0) is 19.1. The van der Waals surface area contributed by atoms with E-state index in [0.717, 1.165) is 50.5 Å². The molecule has 1 aromatic heterocycles. The van der Waals surface area contributed by atoms with Crippen molar-refractivity contribution >= 4 is 5.91 Å². The van der Waals surface area contributed by atoms with Crippen LogP contribution in [-0.4, -0.2) is 53.5 Å². The number of benzene rings is 1. The molecule has 0 unspecified atom stereocenters. The second-order valence-electron chi connectivity index (χ2n) is 7.48. The van der Waals surface area contributed by atoms with Gasteiger partial charge < -0.3 is 9.64 Å². The molecule has 0 saturated carbocycles. The average molecular weight is 367 g/mol. The molecule has 0 aliphatic carbocycles. The predicted molar refractivity (Wildman–Crippen MR) is 107 cm³/mol. The minimum absolute atomic E-state index is 0.102. The van der Waals surface area contributed by atoms with E-state index in [9.17, 15) is 4.79 Å². The number of piperazine rings is 1. The van der Waals surface area contributed by atoms with E-state index in [-0.39, 0.29) is 5.91 Å². The van der Waals surface area contributed by atoms with Gasteiger partial charge in [0.2, 0.25) is 0 Å². The third kappa shape index (κ3) is 5.79. The van der Waals surface area contributed by atoms with Crippen LogP contribution >= 0.6 is 0 Å². The molecule has 5 heteroatoms. The van der Waals surface area contributed by atoms with Crippen molar-refractivity contribution in [2.24, 2.45) is 5.92 Å². The number of hydrogen-bond acceptors (Lipinski definition) is 4. The quantitative estimate of drug-likeness (QED) is 0.752. The second kappa shape index (κ2) is 9.51. The summed E-state index contributed by atoms with van der Waals surface area (Å²) < 4.78 is 5.73. The fourth-order valence-electron chi connectivity index (χ4n) is 3.15. The SMILES string of the molecule is CC(C)CCOc1ccc(C(=O)N2CCN(Cc3cccnc3)CC2)cc1. The molecule has 1 amide bonds. The van der Waals surface area contributed by atoms with Gasteiger partial charge in [-0.05, 0) is 48.2 Å². The van der Waals surface area contributed by atoms with E-state index < -0.39 is 0 Å². The Balaban J connectivity index is 1.47. The molecule has 2 aromatic rings. The number of aromatic nitrogens is 1. The number of amides is 1. The number of pyridine rings is 1. The van der Waals surface area contributed by atoms with E-state index in [2.05, 4.69) is 29.8 Å². The van der Waals surface area contributed by atoms with Gasteiger partial charge in [0.25, 0.3) is 5.91 Å². The van der Waals surface area contributed by atoms with Crippen LogP contribution in [0.5, 0.6) is 5.75 Å². The standard InChI is InChI=1S/C22H29N3O2/c1-18(2)9-15-27-21-7-5-20(6-8-21)22(26)25-13-11-24(12-14-25)17-19-4-3-10-23-16-19/h3-8,10,16,18H,9,11-15,17H2,1-2H3. The minimum atomic E-state index is 0.102. The van der Waals surface area contributed by atoms with E-state index in [1.807, 2.05) is 41.4 Å². The Morgan fingerprint density at radius 3 is 2.48 bits per heavy atom. The smallest absolute Gasteiger partial charge is 0.253 e. The first-order valence-corrected chi connectivity index (χ1v) is 9.75. The van der Waals surface area contributed by atoms with Gasteiger partial charge in [-0.3, -0.25) is 14.7 Å². The first-order chi connectivity index (χ1) is 13.1. The van der Waals surface area contributed by atoms with Crippen LogP contribution < -0.4 is 4.74 Å². The first kappa shape index (κ1) is 19.4. The number of rotatable bonds is 7. The minimum Gasteiger partial charge on any atom is -0.494 e. The van der Waals surface area contributed by atoms with Gasteiger partial charge in [-0.1, -0.05) is 19.9 Å². The van der Waals surface area contributed by atoms with Crippen LogP contribution in [0.1, 0.15) is 36.2 Å². The maximum Gasteiger partial charge on any atom is 0.253 e. The Bertz CT molecular complexity index is 708. The molecule has 0 spiro atoms. The van der Waals surface area contributed by atoms with Crippen LogP contribution in [0.3, 0.4) is 0 Å². The Kier molecular flexibility index (Phi) is 6.82. The number of nitrogens with zero attached hydrogens (tertiary/aromatic N) is 3. The lowest BCUT2D eigenvalue weighted by Gasteiger charge is -2.34. The Morgan fingerprint density at radius 2 is 1.85 bits per heavy atom. The van der Waals surface area contributed by atoms with Gasteiger partial charge in [0.1, 0.15) is 5.75 Å². The fourth-order valence-corrected chi connectivity index (χ4v) is 3.15. The molecule has 0 bridgehead atoms. The zero-order valence-corrected chi connectivity index (χ0v) is 16.3. The van der Waals surface area contributed by atoms with Crippen LogP contribution in [0.15, 0.2) is 48.8 Å². The van der Waals surface area contributed by atoms with E-state index in [4.69, 9.17) is 4.74 Å². The lowest BCUT2D eigenvalue weighted by Crippen LogP contribution is -2.48. The molecule has 0 radical (unpaired) electrons. The summed E-state index contributed by atoms with van der Waals surface area (Å²) in [5.41, 5.74) is 1.94. The fraction of sp³-hybridized carbons (Fsp3) is 0.455. The molecule has 144 valence electrons. The summed E-state index contributed by atoms with van der Waals surface area (Å²) in [6, 6.07) is 11.6. The first-order valence-electron chi connectivity index (χ1n) is 9.75. The second-order valence-corrected chi connectivity index (χ2v) is 7.48. The third-order valence-electron chi connectivity index (χ3n) is 4.85. The van der Waals surface area contributed by atoms with Gasteiger partial charge in [0, 0.05) is 50.7 Å². The van der Waals surface area contributed by atoms with Crippen LogP contribution in [0.25, 0.3) is 0 Å². The molecular weight excluding hydrogens is 338 g/mol. The van der Waals surface area contributed by atoms with Crippen LogP contribution in [0.4, 0.5) is 0 Å². The largest absolute Gasteiger partial charge is 0.494 e. The number of carbonyl (C=O) groups is 1. The molecule has 1 saturated heterocycles. The average Bonchev–Trinajstić information content (AvgIpc) is 2.69. The van der Waals surface area contributed by atoms with Crippen molar-refractivity contribution < 1.29 is 9.53 Å². The van der Waals surface area contributed by atoms with Crippen molar-refractivity contribution in [3.05, 3.63) is 59.9 Å². The molecular formula is C22H29N3O2. The molecule has 1 aromatic carbocycles. The molecule has 1 fully saturated rings. The zero-order valence-electron chi connectivity index (χ0n) is 16.3. The van der Waals surface area contributed by atoms with Gasteiger partial charge in [-0.2, -0.15) is 0 Å². The van der Waals surface area contributed by atoms with Gasteiger partial charge in [-0.15, -0.1) is 0 Å². The summed E-state index contributed by atoms with van der Waals surface area (Å²) in [5, 5.41) is 0. The van der Waals surface area contributed by atoms with Crippen molar-refractivity contribution in [2.45, 2.75) is 26.8 Å². The summed E-state index contributed by atoms with van der Waals surface area (Å²) in [7, 11) is 0. The van der Waals surface area contributed by atoms with E-state index in [1.54, 1.807) is 6.20 Å². The van der Waals surface area contributed by atoms with E-state index in [1.165, 1.54) is 5.56 Å². The molecule has 1 aliphatic heterocycles. The Morgan fingerprint density at radius 1 is 1.11 bits per heavy atom. The monoisotopic (exact) mass is 367 g/mol. The van der Waals surface area contributed by atoms with Gasteiger partial charge in [0.15, 0.2) is 0 Å². The van der Waals surface area contributed by atoms with Crippen molar-refractivity contribution in [1.29, 1.82) is 0 Å². The highest BCUT2D eigenvalue weighted by molar-refractivity contribution is 5.94. The summed E-state index contributed by atoms with van der Waals surface area (Å²) in [6.07, 6.45) is 4.73. The van der Waals surface area contributed by atoms with E-state index in [0.29, 0.717) is 12.5 Å². The van der Waals surface area contributed by atoms with Crippen molar-refractivity contribution in [2.75, 3.05) is 32.8 Å². The van der Waals surface area contributed by atoms with Gasteiger partial charge >= 0.3 is 0 Å². The van der Waals surface area contributed by atoms with Crippen LogP contribution in [0, 0.1) is 5.92 Å². The molecule has 5 nitrogen and oxygen atoms in total. The number of carbonyl (C=O) groups excluding carboxylic acids is 1. The highest BCUT2D eigenvalue weighted by atomic mass is 16.5. The summed E-state index contributed by atoms with van der Waals surface area (Å²) >= 11 is 0. The van der Waals surface area contributed by atoms with Crippen molar-refractivity contribution in [1.82, 2.24) is 14.8 Å². The van der Waals surface area contributed by atoms with Crippen molar-refractivity contribution in [3.8, 4) is 5.75 Å². The lowest BCUT2D eigenvalue weighted by molar-refractivity contribution is 0.0628. The maximum atomic E-state index is 12.7. The normalized spacial score (nSPS) is 15.1. The molecule has 0 atom stereocenters. The van der Waals surface area contributed by atoms with Crippen LogP contribution in [0.2, 0.25) is 0 Å². The van der Waals surface area contributed by atoms with E-state index >= 15 is 0 Å². The van der Waals surface area contributed by atoms with Crippen LogP contribution in [-0.2, 0) is 6.54 Å². The summed E-state index contributed by atoms with van der Waals surface area (Å²) in [4.78, 5) is 21.2. The molecule has 3 rings (SSSR count). The predicted octanol–water partition coefficient (Wildman–Crippen LogP) is 3.46.